The van der Waals surface area contributed by atoms with E-state index >= 15 is 0 Å². The van der Waals surface area contributed by atoms with Crippen molar-refractivity contribution < 1.29 is 13.9 Å². The number of alkyl halides is 1. The lowest BCUT2D eigenvalue weighted by Crippen LogP contribution is -2.00. The van der Waals surface area contributed by atoms with E-state index in [1.165, 1.54) is 20.3 Å². The highest BCUT2D eigenvalue weighted by Gasteiger charge is 2.19. The van der Waals surface area contributed by atoms with Gasteiger partial charge in [-0.15, -0.1) is 0 Å². The molecule has 2 nitrogen and oxygen atoms in total. The van der Waals surface area contributed by atoms with Crippen LogP contribution in [0.1, 0.15) is 16.0 Å². The van der Waals surface area contributed by atoms with Crippen LogP contribution in [0, 0.1) is 5.82 Å². The van der Waals surface area contributed by atoms with Crippen molar-refractivity contribution in [3.63, 3.8) is 0 Å². The molecule has 0 heterocycles. The number of ether oxygens (including phenoxy) is 2. The summed E-state index contributed by atoms with van der Waals surface area (Å²) in [7, 11) is 2.99. The smallest absolute Gasteiger partial charge is 0.163 e. The van der Waals surface area contributed by atoms with Gasteiger partial charge < -0.3 is 9.47 Å². The van der Waals surface area contributed by atoms with E-state index < -0.39 is 0 Å². The van der Waals surface area contributed by atoms with E-state index in [1.807, 2.05) is 12.1 Å². The average molecular weight is 439 g/mol. The fourth-order valence-electron chi connectivity index (χ4n) is 1.91. The molecule has 21 heavy (non-hydrogen) atoms. The van der Waals surface area contributed by atoms with Gasteiger partial charge in [0.05, 0.1) is 24.1 Å². The zero-order valence-corrected chi connectivity index (χ0v) is 15.2. The molecule has 0 spiro atoms. The molecule has 0 saturated heterocycles. The highest BCUT2D eigenvalue weighted by Crippen LogP contribution is 2.39. The van der Waals surface area contributed by atoms with Gasteiger partial charge in [0.2, 0.25) is 0 Å². The third-order valence-corrected chi connectivity index (χ3v) is 5.25. The standard InChI is InChI=1S/C15H12Br2ClFO2/c1-20-13-6-9(12(19)7-14(13)21-2)15(17)8-3-4-11(18)10(16)5-8/h3-7,15H,1-2H3. The largest absolute Gasteiger partial charge is 0.493 e. The minimum Gasteiger partial charge on any atom is -0.493 e. The Bertz CT molecular complexity index is 664. The van der Waals surface area contributed by atoms with Crippen LogP contribution in [-0.2, 0) is 0 Å². The van der Waals surface area contributed by atoms with E-state index in [0.717, 1.165) is 10.0 Å². The van der Waals surface area contributed by atoms with Crippen LogP contribution in [0.25, 0.3) is 0 Å². The minimum atomic E-state index is -0.374. The second kappa shape index (κ2) is 6.99. The van der Waals surface area contributed by atoms with Crippen molar-refractivity contribution in [1.29, 1.82) is 0 Å². The molecule has 1 unspecified atom stereocenters. The van der Waals surface area contributed by atoms with Crippen LogP contribution >= 0.6 is 43.5 Å². The molecule has 112 valence electrons. The summed E-state index contributed by atoms with van der Waals surface area (Å²) in [6, 6.07) is 8.37. The predicted molar refractivity (Wildman–Crippen MR) is 89.4 cm³/mol. The fourth-order valence-corrected chi connectivity index (χ4v) is 3.06. The lowest BCUT2D eigenvalue weighted by molar-refractivity contribution is 0.351. The van der Waals surface area contributed by atoms with E-state index in [4.69, 9.17) is 21.1 Å². The molecule has 0 aliphatic heterocycles. The molecule has 0 saturated carbocycles. The first kappa shape index (κ1) is 16.6. The van der Waals surface area contributed by atoms with Crippen molar-refractivity contribution >= 4 is 43.5 Å². The molecule has 6 heteroatoms. The normalized spacial score (nSPS) is 12.1. The number of hydrogen-bond acceptors (Lipinski definition) is 2. The van der Waals surface area contributed by atoms with Crippen molar-refractivity contribution in [2.45, 2.75) is 4.83 Å². The molecule has 0 bridgehead atoms. The average Bonchev–Trinajstić information content (AvgIpc) is 2.49. The third kappa shape index (κ3) is 3.52. The lowest BCUT2D eigenvalue weighted by atomic mass is 10.0. The van der Waals surface area contributed by atoms with Gasteiger partial charge in [0, 0.05) is 16.1 Å². The Morgan fingerprint density at radius 1 is 1.10 bits per heavy atom. The Morgan fingerprint density at radius 3 is 2.29 bits per heavy atom. The Kier molecular flexibility index (Phi) is 5.52. The van der Waals surface area contributed by atoms with E-state index in [0.29, 0.717) is 22.1 Å². The van der Waals surface area contributed by atoms with Gasteiger partial charge in [0.15, 0.2) is 11.5 Å². The number of benzene rings is 2. The van der Waals surface area contributed by atoms with Crippen molar-refractivity contribution in [3.8, 4) is 11.5 Å². The van der Waals surface area contributed by atoms with Gasteiger partial charge in [-0.05, 0) is 39.7 Å². The first-order chi connectivity index (χ1) is 9.97. The Hall–Kier alpha value is -0.780. The van der Waals surface area contributed by atoms with Gasteiger partial charge in [0.1, 0.15) is 5.82 Å². The molecule has 2 aromatic rings. The van der Waals surface area contributed by atoms with Crippen LogP contribution in [0.2, 0.25) is 5.02 Å². The van der Waals surface area contributed by atoms with Gasteiger partial charge in [0.25, 0.3) is 0 Å². The summed E-state index contributed by atoms with van der Waals surface area (Å²) >= 11 is 12.9. The molecular formula is C15H12Br2ClFO2. The third-order valence-electron chi connectivity index (χ3n) is 3.01. The maximum absolute atomic E-state index is 14.3. The summed E-state index contributed by atoms with van der Waals surface area (Å²) in [5.74, 6) is 0.461. The van der Waals surface area contributed by atoms with E-state index in [2.05, 4.69) is 31.9 Å². The highest BCUT2D eigenvalue weighted by atomic mass is 79.9. The summed E-state index contributed by atoms with van der Waals surface area (Å²) in [5, 5.41) is 0.603. The zero-order valence-electron chi connectivity index (χ0n) is 11.3. The molecule has 0 aliphatic rings. The summed E-state index contributed by atoms with van der Waals surface area (Å²) in [6.45, 7) is 0. The van der Waals surface area contributed by atoms with Gasteiger partial charge in [-0.25, -0.2) is 4.39 Å². The van der Waals surface area contributed by atoms with Gasteiger partial charge >= 0.3 is 0 Å². The van der Waals surface area contributed by atoms with Crippen LogP contribution in [0.5, 0.6) is 11.5 Å². The molecule has 2 aromatic carbocycles. The van der Waals surface area contributed by atoms with Gasteiger partial charge in [-0.2, -0.15) is 0 Å². The minimum absolute atomic E-state index is 0.328. The Balaban J connectivity index is 2.47. The number of hydrogen-bond donors (Lipinski definition) is 0. The molecule has 0 aliphatic carbocycles. The second-order valence-corrected chi connectivity index (χ2v) is 6.44. The summed E-state index contributed by atoms with van der Waals surface area (Å²) in [5.41, 5.74) is 1.33. The molecule has 1 atom stereocenters. The van der Waals surface area contributed by atoms with E-state index in [1.54, 1.807) is 12.1 Å². The molecular weight excluding hydrogens is 426 g/mol. The van der Waals surface area contributed by atoms with Crippen LogP contribution in [0.4, 0.5) is 4.39 Å². The first-order valence-electron chi connectivity index (χ1n) is 5.98. The Labute approximate surface area is 144 Å². The van der Waals surface area contributed by atoms with Gasteiger partial charge in [-0.1, -0.05) is 33.6 Å². The fraction of sp³-hybridized carbons (Fsp3) is 0.200. The zero-order chi connectivity index (χ0) is 15.6. The number of rotatable bonds is 4. The van der Waals surface area contributed by atoms with Crippen LogP contribution in [0.3, 0.4) is 0 Å². The van der Waals surface area contributed by atoms with E-state index in [-0.39, 0.29) is 10.6 Å². The molecule has 0 radical (unpaired) electrons. The predicted octanol–water partition coefficient (Wildman–Crippen LogP) is 5.74. The molecule has 0 fully saturated rings. The van der Waals surface area contributed by atoms with Crippen molar-refractivity contribution in [2.24, 2.45) is 0 Å². The molecule has 2 rings (SSSR count). The SMILES string of the molecule is COc1cc(F)c(C(Br)c2ccc(Cl)c(Br)c2)cc1OC. The molecule has 0 amide bonds. The van der Waals surface area contributed by atoms with Crippen molar-refractivity contribution in [1.82, 2.24) is 0 Å². The summed E-state index contributed by atoms with van der Waals surface area (Å²) in [6.07, 6.45) is 0. The monoisotopic (exact) mass is 436 g/mol. The number of methoxy groups -OCH3 is 2. The van der Waals surface area contributed by atoms with Gasteiger partial charge in [-0.3, -0.25) is 0 Å². The molecule has 0 N–H and O–H groups in total. The second-order valence-electron chi connectivity index (χ2n) is 4.26. The number of halogens is 4. The lowest BCUT2D eigenvalue weighted by Gasteiger charge is -2.16. The van der Waals surface area contributed by atoms with Crippen LogP contribution < -0.4 is 9.47 Å². The van der Waals surface area contributed by atoms with Crippen molar-refractivity contribution in [3.05, 3.63) is 56.8 Å². The summed E-state index contributed by atoms with van der Waals surface area (Å²) < 4.78 is 25.3. The maximum Gasteiger partial charge on any atom is 0.163 e. The highest BCUT2D eigenvalue weighted by molar-refractivity contribution is 9.10. The van der Waals surface area contributed by atoms with Crippen LogP contribution in [-0.4, -0.2) is 14.2 Å². The summed E-state index contributed by atoms with van der Waals surface area (Å²) in [4.78, 5) is -0.328. The quantitative estimate of drug-likeness (QED) is 0.567. The Morgan fingerprint density at radius 2 is 1.71 bits per heavy atom. The molecule has 0 aromatic heterocycles. The first-order valence-corrected chi connectivity index (χ1v) is 8.07. The maximum atomic E-state index is 14.3. The van der Waals surface area contributed by atoms with E-state index in [9.17, 15) is 4.39 Å². The van der Waals surface area contributed by atoms with Crippen LogP contribution in [0.15, 0.2) is 34.8 Å². The topological polar surface area (TPSA) is 18.5 Å². The van der Waals surface area contributed by atoms with Crippen molar-refractivity contribution in [2.75, 3.05) is 14.2 Å².